The van der Waals surface area contributed by atoms with Crippen LogP contribution in [-0.4, -0.2) is 32.2 Å². The summed E-state index contributed by atoms with van der Waals surface area (Å²) in [5.74, 6) is -0.446. The van der Waals surface area contributed by atoms with Gasteiger partial charge in [-0.05, 0) is 13.8 Å². The van der Waals surface area contributed by atoms with Crippen LogP contribution in [-0.2, 0) is 14.2 Å². The van der Waals surface area contributed by atoms with E-state index in [4.69, 9.17) is 14.2 Å². The van der Waals surface area contributed by atoms with Gasteiger partial charge < -0.3 is 14.2 Å². The summed E-state index contributed by atoms with van der Waals surface area (Å²) < 4.78 is 16.6. The van der Waals surface area contributed by atoms with Crippen molar-refractivity contribution in [1.82, 2.24) is 0 Å². The van der Waals surface area contributed by atoms with Crippen molar-refractivity contribution in [3.63, 3.8) is 0 Å². The molecule has 0 bridgehead atoms. The Morgan fingerprint density at radius 2 is 1.86 bits per heavy atom. The lowest BCUT2D eigenvalue weighted by Crippen LogP contribution is -2.47. The Morgan fingerprint density at radius 1 is 1.29 bits per heavy atom. The molecular formula is C11H20O3. The molecular weight excluding hydrogens is 180 g/mol. The lowest BCUT2D eigenvalue weighted by atomic mass is 9.93. The molecule has 0 aromatic carbocycles. The molecule has 0 radical (unpaired) electrons. The van der Waals surface area contributed by atoms with Crippen LogP contribution in [0.25, 0.3) is 0 Å². The Bertz CT molecular complexity index is 189. The number of hydrogen-bond acceptors (Lipinski definition) is 3. The summed E-state index contributed by atoms with van der Waals surface area (Å²) in [7, 11) is 0. The van der Waals surface area contributed by atoms with Crippen molar-refractivity contribution in [3.8, 4) is 0 Å². The average Bonchev–Trinajstić information content (AvgIpc) is 2.12. The summed E-state index contributed by atoms with van der Waals surface area (Å²) in [4.78, 5) is 0. The van der Waals surface area contributed by atoms with E-state index in [2.05, 4.69) is 13.5 Å². The third kappa shape index (κ3) is 3.40. The maximum Gasteiger partial charge on any atom is 0.162 e. The maximum atomic E-state index is 5.58. The van der Waals surface area contributed by atoms with Crippen LogP contribution in [0, 0.1) is 5.41 Å². The Hall–Kier alpha value is -0.380. The third-order valence-electron chi connectivity index (χ3n) is 2.22. The first-order chi connectivity index (χ1) is 6.47. The topological polar surface area (TPSA) is 27.7 Å². The van der Waals surface area contributed by atoms with E-state index in [-0.39, 0.29) is 5.41 Å². The monoisotopic (exact) mass is 200 g/mol. The zero-order valence-electron chi connectivity index (χ0n) is 9.34. The van der Waals surface area contributed by atoms with Crippen molar-refractivity contribution in [2.75, 3.05) is 26.4 Å². The van der Waals surface area contributed by atoms with E-state index in [9.17, 15) is 0 Å². The molecule has 1 fully saturated rings. The third-order valence-corrected chi connectivity index (χ3v) is 2.22. The summed E-state index contributed by atoms with van der Waals surface area (Å²) in [6, 6.07) is 0. The molecule has 1 aliphatic rings. The summed E-state index contributed by atoms with van der Waals surface area (Å²) in [6.07, 6.45) is 1.75. The number of hydrogen-bond donors (Lipinski definition) is 0. The molecule has 0 aromatic heterocycles. The van der Waals surface area contributed by atoms with Gasteiger partial charge in [0.15, 0.2) is 5.79 Å². The average molecular weight is 200 g/mol. The van der Waals surface area contributed by atoms with Gasteiger partial charge in [-0.25, -0.2) is 0 Å². The lowest BCUT2D eigenvalue weighted by molar-refractivity contribution is -0.288. The molecule has 1 saturated heterocycles. The summed E-state index contributed by atoms with van der Waals surface area (Å²) in [6.45, 7) is 12.1. The van der Waals surface area contributed by atoms with Crippen molar-refractivity contribution in [1.29, 1.82) is 0 Å². The minimum atomic E-state index is -0.446. The van der Waals surface area contributed by atoms with Crippen LogP contribution < -0.4 is 0 Å². The molecule has 3 heteroatoms. The van der Waals surface area contributed by atoms with Gasteiger partial charge in [-0.3, -0.25) is 0 Å². The highest BCUT2D eigenvalue weighted by Crippen LogP contribution is 2.29. The van der Waals surface area contributed by atoms with E-state index in [0.29, 0.717) is 26.4 Å². The van der Waals surface area contributed by atoms with Crippen LogP contribution in [0.4, 0.5) is 0 Å². The predicted molar refractivity (Wildman–Crippen MR) is 55.1 cm³/mol. The molecule has 0 aromatic rings. The normalized spacial score (nSPS) is 24.5. The smallest absolute Gasteiger partial charge is 0.162 e. The van der Waals surface area contributed by atoms with Crippen molar-refractivity contribution in [2.24, 2.45) is 5.41 Å². The molecule has 3 nitrogen and oxygen atoms in total. The van der Waals surface area contributed by atoms with Gasteiger partial charge in [-0.15, -0.1) is 6.58 Å². The minimum absolute atomic E-state index is 0.0292. The Kier molecular flexibility index (Phi) is 3.70. The second kappa shape index (κ2) is 4.43. The molecule has 0 unspecified atom stereocenters. The van der Waals surface area contributed by atoms with Crippen LogP contribution in [0.2, 0.25) is 0 Å². The van der Waals surface area contributed by atoms with Crippen LogP contribution >= 0.6 is 0 Å². The zero-order chi connectivity index (χ0) is 10.7. The molecule has 0 N–H and O–H groups in total. The fourth-order valence-corrected chi connectivity index (χ4v) is 1.25. The molecule has 1 heterocycles. The molecule has 14 heavy (non-hydrogen) atoms. The van der Waals surface area contributed by atoms with Crippen LogP contribution in [0.1, 0.15) is 20.8 Å². The molecule has 1 rings (SSSR count). The second-order valence-corrected chi connectivity index (χ2v) is 4.59. The van der Waals surface area contributed by atoms with Gasteiger partial charge in [0.25, 0.3) is 0 Å². The highest BCUT2D eigenvalue weighted by Gasteiger charge is 2.36. The first kappa shape index (κ1) is 11.7. The molecule has 1 aliphatic heterocycles. The van der Waals surface area contributed by atoms with E-state index in [1.807, 2.05) is 13.8 Å². The van der Waals surface area contributed by atoms with Gasteiger partial charge in [0.1, 0.15) is 0 Å². The van der Waals surface area contributed by atoms with Crippen LogP contribution in [0.5, 0.6) is 0 Å². The fourth-order valence-electron chi connectivity index (χ4n) is 1.25. The molecule has 0 saturated carbocycles. The molecule has 0 atom stereocenters. The zero-order valence-corrected chi connectivity index (χ0v) is 9.34. The Labute approximate surface area is 86.0 Å². The molecule has 0 spiro atoms. The van der Waals surface area contributed by atoms with Crippen LogP contribution in [0.15, 0.2) is 12.7 Å². The fraction of sp³-hybridized carbons (Fsp3) is 0.818. The molecule has 0 aliphatic carbocycles. The highest BCUT2D eigenvalue weighted by atomic mass is 16.7. The summed E-state index contributed by atoms with van der Waals surface area (Å²) in [5, 5.41) is 0. The summed E-state index contributed by atoms with van der Waals surface area (Å²) in [5.41, 5.74) is -0.0292. The van der Waals surface area contributed by atoms with Crippen molar-refractivity contribution in [2.45, 2.75) is 26.6 Å². The standard InChI is InChI=1S/C11H20O3/c1-5-6-12-7-11(4)8-13-10(2,3)14-9-11/h5H,1,6-9H2,2-4H3. The second-order valence-electron chi connectivity index (χ2n) is 4.59. The van der Waals surface area contributed by atoms with Gasteiger partial charge >= 0.3 is 0 Å². The van der Waals surface area contributed by atoms with Gasteiger partial charge in [0.05, 0.1) is 26.4 Å². The Morgan fingerprint density at radius 3 is 2.36 bits per heavy atom. The van der Waals surface area contributed by atoms with E-state index < -0.39 is 5.79 Å². The van der Waals surface area contributed by atoms with Crippen LogP contribution in [0.3, 0.4) is 0 Å². The lowest BCUT2D eigenvalue weighted by Gasteiger charge is -2.41. The highest BCUT2D eigenvalue weighted by molar-refractivity contribution is 4.79. The largest absolute Gasteiger partial charge is 0.377 e. The van der Waals surface area contributed by atoms with E-state index in [1.54, 1.807) is 6.08 Å². The number of ether oxygens (including phenoxy) is 3. The first-order valence-corrected chi connectivity index (χ1v) is 4.94. The molecule has 82 valence electrons. The first-order valence-electron chi connectivity index (χ1n) is 4.94. The van der Waals surface area contributed by atoms with Crippen molar-refractivity contribution < 1.29 is 14.2 Å². The minimum Gasteiger partial charge on any atom is -0.377 e. The van der Waals surface area contributed by atoms with Gasteiger partial charge in [-0.1, -0.05) is 13.0 Å². The summed E-state index contributed by atoms with van der Waals surface area (Å²) >= 11 is 0. The van der Waals surface area contributed by atoms with Gasteiger partial charge in [-0.2, -0.15) is 0 Å². The van der Waals surface area contributed by atoms with E-state index in [0.717, 1.165) is 0 Å². The van der Waals surface area contributed by atoms with Crippen molar-refractivity contribution in [3.05, 3.63) is 12.7 Å². The van der Waals surface area contributed by atoms with Gasteiger partial charge in [0, 0.05) is 5.41 Å². The Balaban J connectivity index is 2.33. The van der Waals surface area contributed by atoms with E-state index in [1.165, 1.54) is 0 Å². The SMILES string of the molecule is C=CCOCC1(C)COC(C)(C)OC1. The molecule has 0 amide bonds. The predicted octanol–water partition coefficient (Wildman–Crippen LogP) is 1.98. The van der Waals surface area contributed by atoms with E-state index >= 15 is 0 Å². The van der Waals surface area contributed by atoms with Gasteiger partial charge in [0.2, 0.25) is 0 Å². The quantitative estimate of drug-likeness (QED) is 0.513. The van der Waals surface area contributed by atoms with Crippen molar-refractivity contribution >= 4 is 0 Å². The number of rotatable bonds is 4. The maximum absolute atomic E-state index is 5.58.